The second-order valence-electron chi connectivity index (χ2n) is 17.8. The summed E-state index contributed by atoms with van der Waals surface area (Å²) >= 11 is 0. The van der Waals surface area contributed by atoms with Crippen LogP contribution in [0.1, 0.15) is 157 Å². The predicted molar refractivity (Wildman–Crippen MR) is 203 cm³/mol. The van der Waals surface area contributed by atoms with Crippen molar-refractivity contribution in [3.8, 4) is 0 Å². The van der Waals surface area contributed by atoms with Crippen LogP contribution in [0.25, 0.3) is 22.5 Å². The minimum Gasteiger partial charge on any atom is -0.344 e. The van der Waals surface area contributed by atoms with Crippen molar-refractivity contribution < 1.29 is 0 Å². The minimum absolute atomic E-state index is 0.0585. The lowest BCUT2D eigenvalue weighted by molar-refractivity contribution is 0.523. The Bertz CT molecular complexity index is 1920. The number of H-pyrrole nitrogens is 1. The number of hydrogen-bond donors (Lipinski definition) is 1. The van der Waals surface area contributed by atoms with Gasteiger partial charge in [-0.25, -0.2) is 29.0 Å². The van der Waals surface area contributed by atoms with Gasteiger partial charge in [-0.05, 0) is 40.9 Å². The van der Waals surface area contributed by atoms with Gasteiger partial charge in [0.25, 0.3) is 0 Å². The minimum atomic E-state index is 0.0585. The number of nitrogens with one attached hydrogen (secondary N) is 1. The molecule has 0 aliphatic carbocycles. The Morgan fingerprint density at radius 2 is 1.27 bits per heavy atom. The molecule has 0 aromatic carbocycles. The van der Waals surface area contributed by atoms with Crippen LogP contribution < -0.4 is 0 Å². The molecule has 0 saturated carbocycles. The van der Waals surface area contributed by atoms with E-state index < -0.39 is 0 Å². The summed E-state index contributed by atoms with van der Waals surface area (Å²) in [5, 5.41) is 9.07. The number of rotatable bonds is 2. The van der Waals surface area contributed by atoms with Gasteiger partial charge < -0.3 is 4.98 Å². The summed E-state index contributed by atoms with van der Waals surface area (Å²) in [7, 11) is 0. The number of nitrogens with zero attached hydrogens (tertiary/aromatic N) is 8. The van der Waals surface area contributed by atoms with Crippen molar-refractivity contribution in [3.63, 3.8) is 0 Å². The molecule has 0 atom stereocenters. The zero-order valence-electron chi connectivity index (χ0n) is 32.9. The van der Waals surface area contributed by atoms with Crippen molar-refractivity contribution in [1.82, 2.24) is 44.1 Å². The summed E-state index contributed by atoms with van der Waals surface area (Å²) in [6, 6.07) is 6.15. The Kier molecular flexibility index (Phi) is 10.5. The monoisotopic (exact) mass is 665 g/mol. The molecule has 0 aliphatic rings. The van der Waals surface area contributed by atoms with Gasteiger partial charge in [-0.1, -0.05) is 111 Å². The standard InChI is InChI=1S/C14H21N3.2C13H19N3/c1-13(2,3)10-7-8-12-15-9-11(14(4,5)6)17(12)16-10;1-8(2)10-7-15-12-11(16-10)9(6-14-12)13(3,4)5;1-9(2)11-6-7-16-12(15-11)10(8-14-16)13(3,4)5/h7-9H,1-6H3;6-8H,1-5H3,(H,14,15);6-9H,1-5H3. The van der Waals surface area contributed by atoms with Crippen molar-refractivity contribution >= 4 is 22.5 Å². The highest BCUT2D eigenvalue weighted by molar-refractivity contribution is 5.76. The predicted octanol–water partition coefficient (Wildman–Crippen LogP) is 9.85. The van der Waals surface area contributed by atoms with E-state index in [9.17, 15) is 0 Å². The fourth-order valence-corrected chi connectivity index (χ4v) is 5.27. The summed E-state index contributed by atoms with van der Waals surface area (Å²) in [5.41, 5.74) is 11.0. The average molecular weight is 666 g/mol. The highest BCUT2D eigenvalue weighted by atomic mass is 15.3. The Labute approximate surface area is 293 Å². The van der Waals surface area contributed by atoms with Crippen LogP contribution in [0.5, 0.6) is 0 Å². The molecule has 0 saturated heterocycles. The fraction of sp³-hybridized carbons (Fsp3) is 0.550. The molecule has 0 aliphatic heterocycles. The zero-order chi connectivity index (χ0) is 36.7. The molecule has 9 heteroatoms. The summed E-state index contributed by atoms with van der Waals surface area (Å²) < 4.78 is 3.83. The van der Waals surface area contributed by atoms with E-state index in [2.05, 4.69) is 137 Å². The summed E-state index contributed by atoms with van der Waals surface area (Å²) in [6.07, 6.45) is 9.72. The van der Waals surface area contributed by atoms with Gasteiger partial charge in [0.2, 0.25) is 0 Å². The lowest BCUT2D eigenvalue weighted by atomic mass is 9.88. The maximum Gasteiger partial charge on any atom is 0.158 e. The number of imidazole rings is 1. The number of fused-ring (bicyclic) bond motifs is 3. The van der Waals surface area contributed by atoms with Crippen molar-refractivity contribution in [2.24, 2.45) is 0 Å². The van der Waals surface area contributed by atoms with Gasteiger partial charge in [-0.15, -0.1) is 0 Å². The largest absolute Gasteiger partial charge is 0.344 e. The second kappa shape index (κ2) is 13.6. The van der Waals surface area contributed by atoms with Gasteiger partial charge in [0, 0.05) is 40.0 Å². The molecule has 6 heterocycles. The Morgan fingerprint density at radius 3 is 1.82 bits per heavy atom. The maximum atomic E-state index is 4.73. The molecule has 264 valence electrons. The third kappa shape index (κ3) is 8.72. The van der Waals surface area contributed by atoms with E-state index in [1.165, 1.54) is 11.1 Å². The lowest BCUT2D eigenvalue weighted by Gasteiger charge is -2.20. The SMILES string of the molecule is CC(C)(C)c1ccc2ncc(C(C)(C)C)n2n1.CC(C)c1ccn2ncc(C(C)(C)C)c2n1.CC(C)c1cnc2[nH]cc(C(C)(C)C)c2n1. The highest BCUT2D eigenvalue weighted by Crippen LogP contribution is 2.29. The third-order valence-corrected chi connectivity index (χ3v) is 8.49. The molecule has 0 radical (unpaired) electrons. The molecule has 0 amide bonds. The van der Waals surface area contributed by atoms with Crippen molar-refractivity contribution in [2.75, 3.05) is 0 Å². The van der Waals surface area contributed by atoms with Gasteiger partial charge >= 0.3 is 0 Å². The molecule has 49 heavy (non-hydrogen) atoms. The van der Waals surface area contributed by atoms with E-state index in [-0.39, 0.29) is 21.7 Å². The molecule has 6 aromatic rings. The summed E-state index contributed by atoms with van der Waals surface area (Å²) in [5.74, 6) is 0.868. The van der Waals surface area contributed by atoms with Crippen molar-refractivity contribution in [3.05, 3.63) is 83.1 Å². The number of hydrogen-bond acceptors (Lipinski definition) is 6. The Balaban J connectivity index is 0.000000166. The highest BCUT2D eigenvalue weighted by Gasteiger charge is 2.23. The van der Waals surface area contributed by atoms with E-state index >= 15 is 0 Å². The first kappa shape index (κ1) is 37.7. The molecule has 6 rings (SSSR count). The van der Waals surface area contributed by atoms with Gasteiger partial charge in [0.15, 0.2) is 16.9 Å². The first-order valence-electron chi connectivity index (χ1n) is 17.5. The first-order chi connectivity index (χ1) is 22.5. The van der Waals surface area contributed by atoms with E-state index in [4.69, 9.17) is 15.1 Å². The van der Waals surface area contributed by atoms with Crippen LogP contribution in [0.15, 0.2) is 49.2 Å². The van der Waals surface area contributed by atoms with E-state index in [0.29, 0.717) is 11.8 Å². The normalized spacial score (nSPS) is 12.9. The lowest BCUT2D eigenvalue weighted by Crippen LogP contribution is -2.19. The molecule has 9 nitrogen and oxygen atoms in total. The third-order valence-electron chi connectivity index (χ3n) is 8.49. The van der Waals surface area contributed by atoms with Crippen LogP contribution in [0.2, 0.25) is 0 Å². The van der Waals surface area contributed by atoms with E-state index in [0.717, 1.165) is 45.2 Å². The van der Waals surface area contributed by atoms with Gasteiger partial charge in [0.05, 0.1) is 35.7 Å². The van der Waals surface area contributed by atoms with Gasteiger partial charge in [0.1, 0.15) is 5.52 Å². The van der Waals surface area contributed by atoms with Crippen LogP contribution >= 0.6 is 0 Å². The van der Waals surface area contributed by atoms with Crippen LogP contribution in [-0.2, 0) is 21.7 Å². The number of aromatic amines is 1. The van der Waals surface area contributed by atoms with Crippen LogP contribution in [0, 0.1) is 0 Å². The molecular formula is C40H59N9. The van der Waals surface area contributed by atoms with E-state index in [1.54, 1.807) is 0 Å². The molecule has 6 aromatic heterocycles. The van der Waals surface area contributed by atoms with Crippen LogP contribution in [0.4, 0.5) is 0 Å². The van der Waals surface area contributed by atoms with Crippen molar-refractivity contribution in [1.29, 1.82) is 0 Å². The molecule has 0 fully saturated rings. The second-order valence-corrected chi connectivity index (χ2v) is 17.8. The Hall–Kier alpha value is -4.14. The zero-order valence-corrected chi connectivity index (χ0v) is 32.9. The molecule has 0 bridgehead atoms. The Morgan fingerprint density at radius 1 is 0.633 bits per heavy atom. The smallest absolute Gasteiger partial charge is 0.158 e. The molecule has 0 spiro atoms. The number of aromatic nitrogens is 9. The summed E-state index contributed by atoms with van der Waals surface area (Å²) in [4.78, 5) is 21.4. The van der Waals surface area contributed by atoms with Crippen LogP contribution in [0.3, 0.4) is 0 Å². The summed E-state index contributed by atoms with van der Waals surface area (Å²) in [6.45, 7) is 34.8. The van der Waals surface area contributed by atoms with Gasteiger partial charge in [-0.2, -0.15) is 10.2 Å². The average Bonchev–Trinajstić information content (AvgIpc) is 3.72. The maximum absolute atomic E-state index is 4.73. The molecule has 1 N–H and O–H groups in total. The van der Waals surface area contributed by atoms with Crippen molar-refractivity contribution in [2.45, 2.75) is 144 Å². The fourth-order valence-electron chi connectivity index (χ4n) is 5.27. The first-order valence-corrected chi connectivity index (χ1v) is 17.5. The topological polar surface area (TPSA) is 102 Å². The molecule has 0 unspecified atom stereocenters. The van der Waals surface area contributed by atoms with E-state index in [1.807, 2.05) is 52.1 Å². The van der Waals surface area contributed by atoms with Crippen LogP contribution in [-0.4, -0.2) is 44.1 Å². The molecular weight excluding hydrogens is 607 g/mol. The quantitative estimate of drug-likeness (QED) is 0.198. The van der Waals surface area contributed by atoms with Gasteiger partial charge in [-0.3, -0.25) is 0 Å².